The van der Waals surface area contributed by atoms with Gasteiger partial charge in [0.25, 0.3) is 5.56 Å². The zero-order valence-electron chi connectivity index (χ0n) is 20.5. The number of H-pyrrole nitrogens is 1. The van der Waals surface area contributed by atoms with Crippen LogP contribution in [-0.4, -0.2) is 43.2 Å². The summed E-state index contributed by atoms with van der Waals surface area (Å²) >= 11 is 0. The fraction of sp³-hybridized carbons (Fsp3) is 0.208. The van der Waals surface area contributed by atoms with Crippen molar-refractivity contribution in [1.82, 2.24) is 14.5 Å². The Kier molecular flexibility index (Phi) is 11.1. The van der Waals surface area contributed by atoms with Crippen molar-refractivity contribution in [2.45, 2.75) is 11.4 Å². The van der Waals surface area contributed by atoms with Crippen molar-refractivity contribution in [3.8, 4) is 22.6 Å². The second-order valence-corrected chi connectivity index (χ2v) is 10.4. The van der Waals surface area contributed by atoms with Crippen molar-refractivity contribution in [1.29, 1.82) is 0 Å². The summed E-state index contributed by atoms with van der Waals surface area (Å²) < 4.78 is 59.4. The second-order valence-electron chi connectivity index (χ2n) is 8.39. The van der Waals surface area contributed by atoms with E-state index in [1.54, 1.807) is 13.2 Å². The average Bonchev–Trinajstić information content (AvgIpc) is 3.15. The number of aryl methyl sites for hydroxylation is 1. The van der Waals surface area contributed by atoms with Crippen LogP contribution in [0.4, 0.5) is 8.78 Å². The number of rotatable bonds is 6. The van der Waals surface area contributed by atoms with Crippen molar-refractivity contribution >= 4 is 20.7 Å². The van der Waals surface area contributed by atoms with Crippen LogP contribution in [0.1, 0.15) is 5.69 Å². The number of fused-ring (bicyclic) bond motifs is 1. The second kappa shape index (κ2) is 12.5. The van der Waals surface area contributed by atoms with Crippen LogP contribution in [0.3, 0.4) is 0 Å². The molecule has 1 N–H and O–H groups in total. The van der Waals surface area contributed by atoms with Gasteiger partial charge in [0.2, 0.25) is 0 Å². The molecule has 37 heavy (non-hydrogen) atoms. The molecule has 0 aliphatic rings. The van der Waals surface area contributed by atoms with Crippen LogP contribution in [0.15, 0.2) is 58.4 Å². The summed E-state index contributed by atoms with van der Waals surface area (Å²) in [6.07, 6.45) is 2.65. The first-order valence-corrected chi connectivity index (χ1v) is 12.2. The summed E-state index contributed by atoms with van der Waals surface area (Å²) in [5, 5.41) is 0.565. The van der Waals surface area contributed by atoms with Crippen LogP contribution in [0.2, 0.25) is 0 Å². The van der Waals surface area contributed by atoms with Gasteiger partial charge in [-0.25, -0.2) is 17.2 Å². The van der Waals surface area contributed by atoms with Gasteiger partial charge in [-0.2, -0.15) is 0 Å². The van der Waals surface area contributed by atoms with E-state index in [1.165, 1.54) is 22.8 Å². The Balaban J connectivity index is 0.00000228. The molecule has 0 aliphatic heterocycles. The summed E-state index contributed by atoms with van der Waals surface area (Å²) in [5.74, 6) is -1.73. The molecular formula is C24H23Cl2F2N3O4SZn. The van der Waals surface area contributed by atoms with E-state index in [-0.39, 0.29) is 66.2 Å². The molecule has 0 fully saturated rings. The summed E-state index contributed by atoms with van der Waals surface area (Å²) in [4.78, 5) is 17.9. The van der Waals surface area contributed by atoms with E-state index in [1.807, 2.05) is 25.1 Å². The van der Waals surface area contributed by atoms with E-state index < -0.39 is 21.5 Å². The van der Waals surface area contributed by atoms with Crippen molar-refractivity contribution in [2.75, 3.05) is 20.4 Å². The number of ether oxygens (including phenoxy) is 1. The maximum Gasteiger partial charge on any atom is 2.00 e. The van der Waals surface area contributed by atoms with Crippen LogP contribution in [0, 0.1) is 11.6 Å². The molecule has 4 aromatic rings. The molecule has 4 rings (SSSR count). The van der Waals surface area contributed by atoms with E-state index >= 15 is 0 Å². The molecule has 0 saturated heterocycles. The standard InChI is InChI=1S/C24H23F2N3O4S.2ClH.Zn/c1-28(2)12-15-10-18-19(13-29(3)24(30)23(18)27-15)17-11-16(34(4,31)32)6-8-21(17)33-22-7-5-14(25)9-20(22)26;;;/h5-11,13,27H,12H2,1-4H3;2*1H;/q;;;+2/p-2. The summed E-state index contributed by atoms with van der Waals surface area (Å²) in [6, 6.07) is 8.92. The largest absolute Gasteiger partial charge is 2.00 e. The number of aromatic amines is 1. The number of pyridine rings is 1. The van der Waals surface area contributed by atoms with Crippen molar-refractivity contribution in [3.05, 3.63) is 76.3 Å². The number of nitrogens with one attached hydrogen (secondary N) is 1. The fourth-order valence-electron chi connectivity index (χ4n) is 3.75. The normalized spacial score (nSPS) is 11.0. The molecule has 0 amide bonds. The van der Waals surface area contributed by atoms with Gasteiger partial charge in [0.15, 0.2) is 21.4 Å². The molecule has 0 bridgehead atoms. The van der Waals surface area contributed by atoms with Gasteiger partial charge in [0.05, 0.1) is 4.90 Å². The fourth-order valence-corrected chi connectivity index (χ4v) is 4.39. The Labute approximate surface area is 238 Å². The first-order chi connectivity index (χ1) is 15.9. The van der Waals surface area contributed by atoms with Crippen molar-refractivity contribution < 1.29 is 66.2 Å². The zero-order valence-corrected chi connectivity index (χ0v) is 25.8. The Morgan fingerprint density at radius 1 is 1.00 bits per heavy atom. The van der Waals surface area contributed by atoms with Gasteiger partial charge in [-0.1, -0.05) is 0 Å². The third kappa shape index (κ3) is 6.97. The van der Waals surface area contributed by atoms with Crippen molar-refractivity contribution in [3.63, 3.8) is 0 Å². The molecule has 13 heteroatoms. The maximum atomic E-state index is 14.3. The minimum absolute atomic E-state index is 0. The van der Waals surface area contributed by atoms with E-state index in [0.717, 1.165) is 24.1 Å². The maximum absolute atomic E-state index is 14.3. The molecule has 0 atom stereocenters. The Bertz CT molecular complexity index is 1590. The van der Waals surface area contributed by atoms with E-state index in [2.05, 4.69) is 4.98 Å². The van der Waals surface area contributed by atoms with Crippen LogP contribution in [0.5, 0.6) is 11.5 Å². The smallest absolute Gasteiger partial charge is 1.00 e. The summed E-state index contributed by atoms with van der Waals surface area (Å²) in [6.45, 7) is 0.546. The first kappa shape index (κ1) is 32.7. The summed E-state index contributed by atoms with van der Waals surface area (Å²) in [7, 11) is 1.78. The number of halogens is 4. The average molecular weight is 624 g/mol. The van der Waals surface area contributed by atoms with Gasteiger partial charge in [-0.15, -0.1) is 0 Å². The van der Waals surface area contributed by atoms with Gasteiger partial charge in [-0.3, -0.25) is 4.79 Å². The molecule has 0 saturated carbocycles. The van der Waals surface area contributed by atoms with Crippen molar-refractivity contribution in [2.24, 2.45) is 7.05 Å². The number of sulfone groups is 1. The van der Waals surface area contributed by atoms with E-state index in [9.17, 15) is 22.0 Å². The van der Waals surface area contributed by atoms with E-state index in [4.69, 9.17) is 4.74 Å². The van der Waals surface area contributed by atoms with Gasteiger partial charge in [0.1, 0.15) is 17.1 Å². The number of nitrogens with zero attached hydrogens (tertiary/aromatic N) is 2. The zero-order chi connectivity index (χ0) is 24.8. The van der Waals surface area contributed by atoms with Gasteiger partial charge in [0, 0.05) is 54.3 Å². The minimum atomic E-state index is -3.58. The van der Waals surface area contributed by atoms with Crippen LogP contribution >= 0.6 is 0 Å². The molecular weight excluding hydrogens is 601 g/mol. The number of aromatic nitrogens is 2. The molecule has 0 radical (unpaired) electrons. The molecule has 2 heterocycles. The molecule has 0 unspecified atom stereocenters. The number of benzene rings is 2. The monoisotopic (exact) mass is 621 g/mol. The molecule has 2 aromatic heterocycles. The quantitative estimate of drug-likeness (QED) is 0.253. The van der Waals surface area contributed by atoms with E-state index in [0.29, 0.717) is 34.6 Å². The van der Waals surface area contributed by atoms with Crippen LogP contribution in [0.25, 0.3) is 22.0 Å². The minimum Gasteiger partial charge on any atom is -1.00 e. The number of hydrogen-bond donors (Lipinski definition) is 1. The molecule has 194 valence electrons. The molecule has 7 nitrogen and oxygen atoms in total. The predicted molar refractivity (Wildman–Crippen MR) is 126 cm³/mol. The van der Waals surface area contributed by atoms with Gasteiger partial charge in [-0.05, 0) is 50.5 Å². The molecule has 0 aliphatic carbocycles. The van der Waals surface area contributed by atoms with Crippen LogP contribution < -0.4 is 35.1 Å². The van der Waals surface area contributed by atoms with Gasteiger partial charge < -0.3 is 44.0 Å². The molecule has 0 spiro atoms. The first-order valence-electron chi connectivity index (χ1n) is 10.3. The van der Waals surface area contributed by atoms with Crippen LogP contribution in [-0.2, 0) is 42.9 Å². The SMILES string of the molecule is CN(C)Cc1cc2c(-c3cc(S(C)(=O)=O)ccc3Oc3ccc(F)cc3F)cn(C)c(=O)c2[nH]1.[Cl-].[Cl-].[Zn+2]. The third-order valence-corrected chi connectivity index (χ3v) is 6.40. The Hall–Kier alpha value is -2.30. The Morgan fingerprint density at radius 2 is 1.65 bits per heavy atom. The topological polar surface area (TPSA) is 84.4 Å². The summed E-state index contributed by atoms with van der Waals surface area (Å²) in [5.41, 5.74) is 1.73. The number of hydrogen-bond acceptors (Lipinski definition) is 5. The third-order valence-electron chi connectivity index (χ3n) is 5.29. The molecule has 2 aromatic carbocycles. The van der Waals surface area contributed by atoms with Gasteiger partial charge >= 0.3 is 19.5 Å². The Morgan fingerprint density at radius 3 is 2.24 bits per heavy atom. The predicted octanol–water partition coefficient (Wildman–Crippen LogP) is -1.93.